The fraction of sp³-hybridized carbons (Fsp3) is 0.250. The first-order valence-electron chi connectivity index (χ1n) is 8.87. The third-order valence-electron chi connectivity index (χ3n) is 4.31. The van der Waals surface area contributed by atoms with Crippen molar-refractivity contribution in [3.8, 4) is 11.4 Å². The molecule has 3 aromatic rings. The van der Waals surface area contributed by atoms with Gasteiger partial charge in [-0.15, -0.1) is 10.2 Å². The number of nitrogens with one attached hydrogen (secondary N) is 1. The molecule has 1 atom stereocenters. The minimum atomic E-state index is -4.64. The van der Waals surface area contributed by atoms with Crippen LogP contribution in [0.1, 0.15) is 18.1 Å². The largest absolute Gasteiger partial charge is 0.418 e. The summed E-state index contributed by atoms with van der Waals surface area (Å²) in [6, 6.07) is 11.0. The number of benzene rings is 2. The molecule has 1 unspecified atom stereocenters. The first kappa shape index (κ1) is 22.2. The van der Waals surface area contributed by atoms with Gasteiger partial charge in [0.25, 0.3) is 0 Å². The van der Waals surface area contributed by atoms with Crippen LogP contribution in [0.5, 0.6) is 0 Å². The number of aromatic nitrogens is 3. The summed E-state index contributed by atoms with van der Waals surface area (Å²) in [6.45, 7) is 3.55. The van der Waals surface area contributed by atoms with E-state index in [4.69, 9.17) is 11.6 Å². The molecule has 0 spiro atoms. The molecule has 2 aromatic carbocycles. The summed E-state index contributed by atoms with van der Waals surface area (Å²) in [5.41, 5.74) is 0.606. The number of nitrogens with zero attached hydrogens (tertiary/aromatic N) is 3. The van der Waals surface area contributed by atoms with Crippen molar-refractivity contribution in [1.82, 2.24) is 14.8 Å². The molecule has 0 saturated carbocycles. The van der Waals surface area contributed by atoms with Crippen LogP contribution in [0.4, 0.5) is 18.9 Å². The number of carbonyl (C=O) groups is 1. The minimum Gasteiger partial charge on any atom is -0.325 e. The highest BCUT2D eigenvalue weighted by Gasteiger charge is 2.34. The number of carbonyl (C=O) groups excluding carboxylic acids is 1. The van der Waals surface area contributed by atoms with Gasteiger partial charge in [0, 0.05) is 17.6 Å². The van der Waals surface area contributed by atoms with E-state index in [1.54, 1.807) is 18.5 Å². The SMILES string of the molecule is Cc1cccc(-c2nnc(SC(C)C(=O)Nc3ccc(Cl)cc3C(F)(F)F)n2C)c1. The Balaban J connectivity index is 1.76. The summed E-state index contributed by atoms with van der Waals surface area (Å²) < 4.78 is 41.4. The Morgan fingerprint density at radius 1 is 1.20 bits per heavy atom. The topological polar surface area (TPSA) is 59.8 Å². The van der Waals surface area contributed by atoms with Crippen molar-refractivity contribution >= 4 is 35.0 Å². The average Bonchev–Trinajstić information content (AvgIpc) is 3.02. The number of anilines is 1. The molecule has 0 aliphatic rings. The van der Waals surface area contributed by atoms with Crippen LogP contribution in [-0.4, -0.2) is 25.9 Å². The molecule has 158 valence electrons. The number of hydrogen-bond acceptors (Lipinski definition) is 4. The Morgan fingerprint density at radius 2 is 1.93 bits per heavy atom. The molecular formula is C20H18ClF3N4OS. The van der Waals surface area contributed by atoms with Gasteiger partial charge in [0.05, 0.1) is 16.5 Å². The van der Waals surface area contributed by atoms with Crippen molar-refractivity contribution in [2.75, 3.05) is 5.32 Å². The molecule has 1 N–H and O–H groups in total. The van der Waals surface area contributed by atoms with Crippen molar-refractivity contribution in [2.45, 2.75) is 30.4 Å². The van der Waals surface area contributed by atoms with Gasteiger partial charge in [-0.05, 0) is 38.1 Å². The van der Waals surface area contributed by atoms with E-state index >= 15 is 0 Å². The maximum Gasteiger partial charge on any atom is 0.418 e. The summed E-state index contributed by atoms with van der Waals surface area (Å²) in [5.74, 6) is 0.0406. The van der Waals surface area contributed by atoms with Crippen LogP contribution in [0.25, 0.3) is 11.4 Å². The predicted octanol–water partition coefficient (Wildman–Crippen LogP) is 5.58. The quantitative estimate of drug-likeness (QED) is 0.511. The van der Waals surface area contributed by atoms with Crippen LogP contribution in [0, 0.1) is 6.92 Å². The van der Waals surface area contributed by atoms with Crippen molar-refractivity contribution in [1.29, 1.82) is 0 Å². The molecular weight excluding hydrogens is 437 g/mol. The number of halogens is 4. The number of aryl methyl sites for hydroxylation is 1. The maximum absolute atomic E-state index is 13.2. The molecule has 10 heteroatoms. The van der Waals surface area contributed by atoms with Gasteiger partial charge < -0.3 is 9.88 Å². The normalized spacial score (nSPS) is 12.6. The monoisotopic (exact) mass is 454 g/mol. The molecule has 0 fully saturated rings. The summed E-state index contributed by atoms with van der Waals surface area (Å²) in [7, 11) is 1.77. The molecule has 0 aliphatic carbocycles. The fourth-order valence-corrected chi connectivity index (χ4v) is 3.75. The van der Waals surface area contributed by atoms with Crippen LogP contribution in [0.15, 0.2) is 47.6 Å². The number of thioether (sulfide) groups is 1. The van der Waals surface area contributed by atoms with Gasteiger partial charge in [-0.1, -0.05) is 47.1 Å². The van der Waals surface area contributed by atoms with Crippen LogP contribution in [-0.2, 0) is 18.0 Å². The Hall–Kier alpha value is -2.52. The van der Waals surface area contributed by atoms with Gasteiger partial charge in [0.2, 0.25) is 5.91 Å². The molecule has 0 radical (unpaired) electrons. The highest BCUT2D eigenvalue weighted by molar-refractivity contribution is 8.00. The number of rotatable bonds is 5. The van der Waals surface area contributed by atoms with E-state index in [0.29, 0.717) is 11.0 Å². The van der Waals surface area contributed by atoms with Crippen LogP contribution < -0.4 is 5.32 Å². The van der Waals surface area contributed by atoms with Crippen molar-refractivity contribution < 1.29 is 18.0 Å². The molecule has 5 nitrogen and oxygen atoms in total. The summed E-state index contributed by atoms with van der Waals surface area (Å²) >= 11 is 6.78. The van der Waals surface area contributed by atoms with Crippen LogP contribution >= 0.6 is 23.4 Å². The zero-order chi connectivity index (χ0) is 22.1. The minimum absolute atomic E-state index is 0.0643. The third-order valence-corrected chi connectivity index (χ3v) is 5.68. The molecule has 0 aliphatic heterocycles. The third kappa shape index (κ3) is 4.96. The van der Waals surface area contributed by atoms with E-state index < -0.39 is 22.9 Å². The van der Waals surface area contributed by atoms with Gasteiger partial charge in [-0.3, -0.25) is 4.79 Å². The first-order chi connectivity index (χ1) is 14.1. The summed E-state index contributed by atoms with van der Waals surface area (Å²) in [4.78, 5) is 12.5. The molecule has 1 aromatic heterocycles. The van der Waals surface area contributed by atoms with E-state index in [2.05, 4.69) is 15.5 Å². The smallest absolute Gasteiger partial charge is 0.325 e. The zero-order valence-corrected chi connectivity index (χ0v) is 17.9. The average molecular weight is 455 g/mol. The van der Waals surface area contributed by atoms with Gasteiger partial charge in [0.15, 0.2) is 11.0 Å². The van der Waals surface area contributed by atoms with E-state index in [0.717, 1.165) is 35.0 Å². The van der Waals surface area contributed by atoms with Gasteiger partial charge in [0.1, 0.15) is 0 Å². The zero-order valence-electron chi connectivity index (χ0n) is 16.3. The van der Waals surface area contributed by atoms with Crippen LogP contribution in [0.2, 0.25) is 5.02 Å². The van der Waals surface area contributed by atoms with E-state index in [1.807, 2.05) is 31.2 Å². The second-order valence-corrected chi connectivity index (χ2v) is 8.42. The molecule has 1 heterocycles. The Labute approximate surface area is 180 Å². The van der Waals surface area contributed by atoms with E-state index in [9.17, 15) is 18.0 Å². The Morgan fingerprint density at radius 3 is 2.60 bits per heavy atom. The van der Waals surface area contributed by atoms with Crippen molar-refractivity contribution in [3.63, 3.8) is 0 Å². The molecule has 0 saturated heterocycles. The van der Waals surface area contributed by atoms with E-state index in [-0.39, 0.29) is 10.7 Å². The number of hydrogen-bond donors (Lipinski definition) is 1. The summed E-state index contributed by atoms with van der Waals surface area (Å²) in [5, 5.41) is 10.3. The summed E-state index contributed by atoms with van der Waals surface area (Å²) in [6.07, 6.45) is -4.64. The second kappa shape index (κ2) is 8.69. The molecule has 30 heavy (non-hydrogen) atoms. The molecule has 3 rings (SSSR count). The maximum atomic E-state index is 13.2. The lowest BCUT2D eigenvalue weighted by molar-refractivity contribution is -0.137. The van der Waals surface area contributed by atoms with E-state index in [1.165, 1.54) is 6.07 Å². The Bertz CT molecular complexity index is 1080. The number of alkyl halides is 3. The van der Waals surface area contributed by atoms with Gasteiger partial charge in [-0.2, -0.15) is 13.2 Å². The van der Waals surface area contributed by atoms with Gasteiger partial charge >= 0.3 is 6.18 Å². The van der Waals surface area contributed by atoms with Crippen LogP contribution in [0.3, 0.4) is 0 Å². The molecule has 0 bridgehead atoms. The lowest BCUT2D eigenvalue weighted by atomic mass is 10.1. The first-order valence-corrected chi connectivity index (χ1v) is 10.1. The van der Waals surface area contributed by atoms with Crippen molar-refractivity contribution in [2.24, 2.45) is 7.05 Å². The van der Waals surface area contributed by atoms with Gasteiger partial charge in [-0.25, -0.2) is 0 Å². The standard InChI is InChI=1S/C20H18ClF3N4OS/c1-11-5-4-6-13(9-11)17-26-27-19(28(17)3)30-12(2)18(29)25-16-8-7-14(21)10-15(16)20(22,23)24/h4-10,12H,1-3H3,(H,25,29). The lowest BCUT2D eigenvalue weighted by Crippen LogP contribution is -2.24. The predicted molar refractivity (Wildman–Crippen MR) is 112 cm³/mol. The highest BCUT2D eigenvalue weighted by Crippen LogP contribution is 2.37. The lowest BCUT2D eigenvalue weighted by Gasteiger charge is -2.16. The highest BCUT2D eigenvalue weighted by atomic mass is 35.5. The Kier molecular flexibility index (Phi) is 6.42. The number of amides is 1. The second-order valence-electron chi connectivity index (χ2n) is 6.67. The van der Waals surface area contributed by atoms with Crippen molar-refractivity contribution in [3.05, 3.63) is 58.6 Å². The molecule has 1 amide bonds. The fourth-order valence-electron chi connectivity index (χ4n) is 2.76.